The van der Waals surface area contributed by atoms with Crippen molar-refractivity contribution in [1.29, 1.82) is 0 Å². The van der Waals surface area contributed by atoms with Crippen molar-refractivity contribution in [1.82, 2.24) is 5.32 Å². The largest absolute Gasteiger partial charge is 0.497 e. The lowest BCUT2D eigenvalue weighted by atomic mass is 10.0. The molecule has 3 aromatic rings. The molecular weight excluding hydrogens is 371 g/mol. The van der Waals surface area contributed by atoms with Crippen molar-refractivity contribution in [2.75, 3.05) is 13.7 Å². The molecule has 0 aliphatic rings. The third-order valence-corrected chi connectivity index (χ3v) is 4.48. The van der Waals surface area contributed by atoms with Gasteiger partial charge < -0.3 is 14.5 Å². The van der Waals surface area contributed by atoms with Crippen LogP contribution in [0.1, 0.15) is 29.4 Å². The maximum absolute atomic E-state index is 12.8. The van der Waals surface area contributed by atoms with E-state index < -0.39 is 11.7 Å². The molecule has 1 amide bonds. The summed E-state index contributed by atoms with van der Waals surface area (Å²) < 4.78 is 49.5. The second-order valence-electron chi connectivity index (χ2n) is 6.47. The summed E-state index contributed by atoms with van der Waals surface area (Å²) in [7, 11) is 1.57. The first-order chi connectivity index (χ1) is 13.3. The summed E-state index contributed by atoms with van der Waals surface area (Å²) in [6.07, 6.45) is -3.47. The summed E-state index contributed by atoms with van der Waals surface area (Å²) in [5.74, 6) is 1.21. The molecule has 0 spiro atoms. The Morgan fingerprint density at radius 1 is 1.14 bits per heavy atom. The average molecular weight is 391 g/mol. The Hall–Kier alpha value is -2.96. The van der Waals surface area contributed by atoms with Crippen LogP contribution in [0.4, 0.5) is 13.2 Å². The predicted octanol–water partition coefficient (Wildman–Crippen LogP) is 4.73. The fourth-order valence-electron chi connectivity index (χ4n) is 3.08. The van der Waals surface area contributed by atoms with E-state index in [-0.39, 0.29) is 5.91 Å². The highest BCUT2D eigenvalue weighted by atomic mass is 19.4. The number of methoxy groups -OCH3 is 1. The number of amides is 1. The van der Waals surface area contributed by atoms with Gasteiger partial charge in [-0.1, -0.05) is 12.1 Å². The SMILES string of the molecule is COc1ccc2oc(Cc3ccc(C(F)(F)F)cc3)c(CCNC(C)=O)c2c1. The minimum atomic E-state index is -4.36. The topological polar surface area (TPSA) is 51.5 Å². The number of halogens is 3. The molecule has 3 rings (SSSR count). The van der Waals surface area contributed by atoms with Crippen LogP contribution in [0.3, 0.4) is 0 Å². The van der Waals surface area contributed by atoms with Gasteiger partial charge >= 0.3 is 6.18 Å². The number of fused-ring (bicyclic) bond motifs is 1. The van der Waals surface area contributed by atoms with E-state index in [1.54, 1.807) is 19.2 Å². The van der Waals surface area contributed by atoms with Crippen LogP contribution in [0.15, 0.2) is 46.9 Å². The zero-order valence-electron chi connectivity index (χ0n) is 15.5. The number of carbonyl (C=O) groups is 1. The van der Waals surface area contributed by atoms with Crippen LogP contribution in [0, 0.1) is 0 Å². The fraction of sp³-hybridized carbons (Fsp3) is 0.286. The summed E-state index contributed by atoms with van der Waals surface area (Å²) in [4.78, 5) is 11.2. The minimum absolute atomic E-state index is 0.130. The van der Waals surface area contributed by atoms with Gasteiger partial charge in [0.05, 0.1) is 12.7 Å². The molecule has 2 aromatic carbocycles. The number of alkyl halides is 3. The van der Waals surface area contributed by atoms with Crippen LogP contribution < -0.4 is 10.1 Å². The van der Waals surface area contributed by atoms with Crippen LogP contribution in [0.25, 0.3) is 11.0 Å². The zero-order valence-corrected chi connectivity index (χ0v) is 15.5. The summed E-state index contributed by atoms with van der Waals surface area (Å²) in [5.41, 5.74) is 1.60. The Morgan fingerprint density at radius 2 is 1.86 bits per heavy atom. The molecule has 0 unspecified atom stereocenters. The van der Waals surface area contributed by atoms with E-state index in [9.17, 15) is 18.0 Å². The number of hydrogen-bond acceptors (Lipinski definition) is 3. The molecule has 0 fully saturated rings. The number of benzene rings is 2. The second kappa shape index (κ2) is 7.96. The highest BCUT2D eigenvalue weighted by Gasteiger charge is 2.30. The van der Waals surface area contributed by atoms with Crippen LogP contribution in [0.5, 0.6) is 5.75 Å². The van der Waals surface area contributed by atoms with Crippen molar-refractivity contribution in [3.8, 4) is 5.75 Å². The molecule has 1 heterocycles. The van der Waals surface area contributed by atoms with Gasteiger partial charge in [0.2, 0.25) is 5.91 Å². The number of nitrogens with one attached hydrogen (secondary N) is 1. The maximum atomic E-state index is 12.8. The van der Waals surface area contributed by atoms with E-state index in [0.29, 0.717) is 42.0 Å². The smallest absolute Gasteiger partial charge is 0.416 e. The van der Waals surface area contributed by atoms with Crippen molar-refractivity contribution in [3.05, 3.63) is 64.9 Å². The zero-order chi connectivity index (χ0) is 20.3. The van der Waals surface area contributed by atoms with Crippen LogP contribution in [-0.2, 0) is 23.8 Å². The first-order valence-electron chi connectivity index (χ1n) is 8.77. The van der Waals surface area contributed by atoms with Gasteiger partial charge in [0.25, 0.3) is 0 Å². The van der Waals surface area contributed by atoms with Gasteiger partial charge in [0.15, 0.2) is 0 Å². The van der Waals surface area contributed by atoms with Crippen molar-refractivity contribution in [2.45, 2.75) is 25.9 Å². The lowest BCUT2D eigenvalue weighted by Crippen LogP contribution is -2.22. The van der Waals surface area contributed by atoms with Gasteiger partial charge in [-0.15, -0.1) is 0 Å². The molecule has 0 aliphatic heterocycles. The van der Waals surface area contributed by atoms with Crippen molar-refractivity contribution in [2.24, 2.45) is 0 Å². The van der Waals surface area contributed by atoms with Gasteiger partial charge in [0.1, 0.15) is 17.1 Å². The normalized spacial score (nSPS) is 11.6. The molecule has 148 valence electrons. The van der Waals surface area contributed by atoms with E-state index >= 15 is 0 Å². The van der Waals surface area contributed by atoms with Gasteiger partial charge in [-0.05, 0) is 42.3 Å². The molecule has 1 N–H and O–H groups in total. The Morgan fingerprint density at radius 3 is 2.46 bits per heavy atom. The minimum Gasteiger partial charge on any atom is -0.497 e. The Labute approximate surface area is 160 Å². The first-order valence-corrected chi connectivity index (χ1v) is 8.77. The highest BCUT2D eigenvalue weighted by Crippen LogP contribution is 2.32. The van der Waals surface area contributed by atoms with Crippen molar-refractivity contribution >= 4 is 16.9 Å². The second-order valence-corrected chi connectivity index (χ2v) is 6.47. The number of hydrogen-bond donors (Lipinski definition) is 1. The van der Waals surface area contributed by atoms with E-state index in [4.69, 9.17) is 9.15 Å². The van der Waals surface area contributed by atoms with E-state index in [1.165, 1.54) is 19.1 Å². The highest BCUT2D eigenvalue weighted by molar-refractivity contribution is 5.84. The van der Waals surface area contributed by atoms with Gasteiger partial charge in [-0.25, -0.2) is 0 Å². The lowest BCUT2D eigenvalue weighted by Gasteiger charge is -2.08. The molecule has 0 atom stereocenters. The first kappa shape index (κ1) is 19.8. The molecule has 0 aliphatic carbocycles. The molecule has 0 saturated carbocycles. The monoisotopic (exact) mass is 391 g/mol. The van der Waals surface area contributed by atoms with Gasteiger partial charge in [0, 0.05) is 30.8 Å². The van der Waals surface area contributed by atoms with E-state index in [0.717, 1.165) is 23.1 Å². The molecule has 0 saturated heterocycles. The van der Waals surface area contributed by atoms with Crippen molar-refractivity contribution in [3.63, 3.8) is 0 Å². The Kier molecular flexibility index (Phi) is 5.63. The third kappa shape index (κ3) is 4.47. The maximum Gasteiger partial charge on any atom is 0.416 e. The Balaban J connectivity index is 1.93. The number of carbonyl (C=O) groups excluding carboxylic acids is 1. The number of ether oxygens (including phenoxy) is 1. The average Bonchev–Trinajstić information content (AvgIpc) is 2.97. The van der Waals surface area contributed by atoms with Gasteiger partial charge in [-0.2, -0.15) is 13.2 Å². The van der Waals surface area contributed by atoms with Gasteiger partial charge in [-0.3, -0.25) is 4.79 Å². The van der Waals surface area contributed by atoms with E-state index in [2.05, 4.69) is 5.32 Å². The van der Waals surface area contributed by atoms with Crippen LogP contribution in [-0.4, -0.2) is 19.6 Å². The number of rotatable bonds is 6. The molecule has 7 heteroatoms. The van der Waals surface area contributed by atoms with Crippen LogP contribution >= 0.6 is 0 Å². The fourth-order valence-corrected chi connectivity index (χ4v) is 3.08. The summed E-state index contributed by atoms with van der Waals surface area (Å²) in [6, 6.07) is 10.5. The van der Waals surface area contributed by atoms with Crippen LogP contribution in [0.2, 0.25) is 0 Å². The standard InChI is InChI=1S/C21H20F3NO3/c1-13(26)25-10-9-17-18-12-16(27-2)7-8-19(18)28-20(17)11-14-3-5-15(6-4-14)21(22,23)24/h3-8,12H,9-11H2,1-2H3,(H,25,26). The summed E-state index contributed by atoms with van der Waals surface area (Å²) >= 11 is 0. The molecule has 0 radical (unpaired) electrons. The Bertz CT molecular complexity index is 975. The molecule has 1 aromatic heterocycles. The van der Waals surface area contributed by atoms with Crippen molar-refractivity contribution < 1.29 is 27.1 Å². The number of furan rings is 1. The molecule has 4 nitrogen and oxygen atoms in total. The molecular formula is C21H20F3NO3. The summed E-state index contributed by atoms with van der Waals surface area (Å²) in [6.45, 7) is 1.88. The molecule has 28 heavy (non-hydrogen) atoms. The third-order valence-electron chi connectivity index (χ3n) is 4.48. The predicted molar refractivity (Wildman–Crippen MR) is 99.4 cm³/mol. The lowest BCUT2D eigenvalue weighted by molar-refractivity contribution is -0.137. The molecule has 0 bridgehead atoms. The summed E-state index contributed by atoms with van der Waals surface area (Å²) in [5, 5.41) is 3.62. The quantitative estimate of drug-likeness (QED) is 0.661. The van der Waals surface area contributed by atoms with E-state index in [1.807, 2.05) is 6.07 Å².